The Morgan fingerprint density at radius 2 is 1.85 bits per heavy atom. The van der Waals surface area contributed by atoms with Gasteiger partial charge in [0.05, 0.1) is 0 Å². The lowest BCUT2D eigenvalue weighted by Crippen LogP contribution is -2.44. The molecule has 0 unspecified atom stereocenters. The summed E-state index contributed by atoms with van der Waals surface area (Å²) in [6.45, 7) is 0.281. The summed E-state index contributed by atoms with van der Waals surface area (Å²) in [5.74, 6) is -0.789. The molecule has 1 spiro atoms. The molecule has 2 heterocycles. The van der Waals surface area contributed by atoms with Gasteiger partial charge < -0.3 is 15.5 Å². The predicted octanol–water partition coefficient (Wildman–Crippen LogP) is 2.93. The molecular weight excluding hydrogens is 420 g/mol. The van der Waals surface area contributed by atoms with Crippen LogP contribution in [0.3, 0.4) is 0 Å². The number of rotatable bonds is 4. The van der Waals surface area contributed by atoms with E-state index in [1.165, 1.54) is 0 Å². The Balaban J connectivity index is 1.32. The average molecular weight is 447 g/mol. The largest absolute Gasteiger partial charge is 0.325 e. The van der Waals surface area contributed by atoms with E-state index >= 15 is 0 Å². The molecule has 2 aliphatic heterocycles. The number of carbonyl (C=O) groups is 4. The zero-order valence-corrected chi connectivity index (χ0v) is 18.3. The highest BCUT2D eigenvalue weighted by atomic mass is 16.2. The number of carbonyl (C=O) groups excluding carboxylic acids is 4. The average Bonchev–Trinajstić information content (AvgIpc) is 3.27. The molecule has 0 bridgehead atoms. The van der Waals surface area contributed by atoms with Gasteiger partial charge in [-0.2, -0.15) is 0 Å². The third-order valence-electron chi connectivity index (χ3n) is 6.72. The van der Waals surface area contributed by atoms with Gasteiger partial charge in [-0.25, -0.2) is 4.79 Å². The van der Waals surface area contributed by atoms with Crippen LogP contribution in [0.5, 0.6) is 0 Å². The number of hydrogen-bond donors (Lipinski definition) is 2. The summed E-state index contributed by atoms with van der Waals surface area (Å²) >= 11 is 0. The minimum Gasteiger partial charge on any atom is -0.324 e. The van der Waals surface area contributed by atoms with E-state index in [9.17, 15) is 19.2 Å². The summed E-state index contributed by atoms with van der Waals surface area (Å²) in [7, 11) is 0. The fourth-order valence-electron chi connectivity index (χ4n) is 5.13. The van der Waals surface area contributed by atoms with Gasteiger partial charge in [-0.15, -0.1) is 0 Å². The van der Waals surface area contributed by atoms with E-state index in [1.807, 2.05) is 30.3 Å². The topological polar surface area (TPSA) is 98.8 Å². The van der Waals surface area contributed by atoms with Crippen molar-refractivity contribution in [2.24, 2.45) is 0 Å². The molecule has 2 aromatic carbocycles. The molecule has 1 aliphatic carbocycles. The van der Waals surface area contributed by atoms with Gasteiger partial charge in [-0.3, -0.25) is 19.3 Å². The number of amides is 5. The molecule has 3 aliphatic rings. The SMILES string of the molecule is O=C(CN1C(=O)N[C@]2(CCCCc3ccccc32)C1=O)Nc1cccc(N2CCCC2=O)c1. The molecule has 170 valence electrons. The Bertz CT molecular complexity index is 1150. The Morgan fingerprint density at radius 1 is 1.00 bits per heavy atom. The number of fused-ring (bicyclic) bond motifs is 2. The molecule has 0 radical (unpaired) electrons. The van der Waals surface area contributed by atoms with Gasteiger partial charge in [0, 0.05) is 24.3 Å². The third kappa shape index (κ3) is 3.75. The second-order valence-electron chi connectivity index (χ2n) is 8.84. The van der Waals surface area contributed by atoms with E-state index in [-0.39, 0.29) is 18.4 Å². The highest BCUT2D eigenvalue weighted by molar-refractivity contribution is 6.10. The van der Waals surface area contributed by atoms with Gasteiger partial charge >= 0.3 is 6.03 Å². The van der Waals surface area contributed by atoms with Crippen LogP contribution in [0.25, 0.3) is 0 Å². The van der Waals surface area contributed by atoms with Crippen LogP contribution in [0.15, 0.2) is 48.5 Å². The number of nitrogens with one attached hydrogen (secondary N) is 2. The molecule has 2 fully saturated rings. The van der Waals surface area contributed by atoms with Gasteiger partial charge in [0.15, 0.2) is 0 Å². The van der Waals surface area contributed by atoms with Crippen LogP contribution in [0.2, 0.25) is 0 Å². The normalized spacial score (nSPS) is 22.4. The lowest BCUT2D eigenvalue weighted by atomic mass is 9.84. The second-order valence-corrected chi connectivity index (χ2v) is 8.84. The summed E-state index contributed by atoms with van der Waals surface area (Å²) in [6, 6.07) is 14.2. The number of imide groups is 1. The van der Waals surface area contributed by atoms with Crippen LogP contribution in [0.4, 0.5) is 16.2 Å². The van der Waals surface area contributed by atoms with Crippen molar-refractivity contribution in [3.8, 4) is 0 Å². The monoisotopic (exact) mass is 446 g/mol. The van der Waals surface area contributed by atoms with Crippen molar-refractivity contribution in [2.75, 3.05) is 23.3 Å². The summed E-state index contributed by atoms with van der Waals surface area (Å²) in [5, 5.41) is 5.66. The smallest absolute Gasteiger partial charge is 0.324 e. The second kappa shape index (κ2) is 8.35. The molecule has 0 saturated carbocycles. The maximum Gasteiger partial charge on any atom is 0.325 e. The molecule has 2 aromatic rings. The lowest BCUT2D eigenvalue weighted by Gasteiger charge is -2.27. The van der Waals surface area contributed by atoms with Crippen molar-refractivity contribution in [1.82, 2.24) is 10.2 Å². The fourth-order valence-corrected chi connectivity index (χ4v) is 5.13. The van der Waals surface area contributed by atoms with E-state index in [2.05, 4.69) is 10.6 Å². The van der Waals surface area contributed by atoms with Crippen molar-refractivity contribution in [2.45, 2.75) is 44.1 Å². The van der Waals surface area contributed by atoms with Gasteiger partial charge in [0.1, 0.15) is 12.1 Å². The molecule has 8 nitrogen and oxygen atoms in total. The molecule has 5 rings (SSSR count). The predicted molar refractivity (Wildman–Crippen MR) is 123 cm³/mol. The Morgan fingerprint density at radius 3 is 2.67 bits per heavy atom. The molecule has 2 saturated heterocycles. The number of hydrogen-bond acceptors (Lipinski definition) is 4. The third-order valence-corrected chi connectivity index (χ3v) is 6.72. The first-order valence-corrected chi connectivity index (χ1v) is 11.4. The Kier molecular flexibility index (Phi) is 5.36. The highest BCUT2D eigenvalue weighted by Crippen LogP contribution is 2.39. The molecule has 8 heteroatoms. The maximum atomic E-state index is 13.5. The van der Waals surface area contributed by atoms with Crippen LogP contribution in [-0.4, -0.2) is 41.7 Å². The van der Waals surface area contributed by atoms with Crippen molar-refractivity contribution in [3.05, 3.63) is 59.7 Å². The quantitative estimate of drug-likeness (QED) is 0.706. The zero-order valence-electron chi connectivity index (χ0n) is 18.3. The number of urea groups is 1. The lowest BCUT2D eigenvalue weighted by molar-refractivity contribution is -0.134. The van der Waals surface area contributed by atoms with E-state index in [4.69, 9.17) is 0 Å². The summed E-state index contributed by atoms with van der Waals surface area (Å²) in [5.41, 5.74) is 2.01. The Labute approximate surface area is 191 Å². The van der Waals surface area contributed by atoms with Crippen molar-refractivity contribution in [3.63, 3.8) is 0 Å². The van der Waals surface area contributed by atoms with Gasteiger partial charge in [0.25, 0.3) is 5.91 Å². The van der Waals surface area contributed by atoms with Crippen LogP contribution in [0.1, 0.15) is 43.2 Å². The van der Waals surface area contributed by atoms with Gasteiger partial charge in [-0.1, -0.05) is 30.3 Å². The standard InChI is InChI=1S/C25H26N4O4/c30-21(26-18-9-5-10-19(15-18)28-14-6-12-22(28)31)16-29-23(32)25(27-24(29)33)13-4-3-8-17-7-1-2-11-20(17)25/h1-2,5,7,9-11,15H,3-4,6,8,12-14,16H2,(H,26,30)(H,27,33)/t25-/m0/s1. The van der Waals surface area contributed by atoms with Gasteiger partial charge in [0.2, 0.25) is 11.8 Å². The maximum absolute atomic E-state index is 13.5. The molecule has 0 aromatic heterocycles. The van der Waals surface area contributed by atoms with Crippen molar-refractivity contribution >= 4 is 35.1 Å². The van der Waals surface area contributed by atoms with E-state index < -0.39 is 17.5 Å². The minimum atomic E-state index is -1.11. The highest BCUT2D eigenvalue weighted by Gasteiger charge is 2.53. The van der Waals surface area contributed by atoms with Crippen LogP contribution >= 0.6 is 0 Å². The molecule has 1 atom stereocenters. The first kappa shape index (κ1) is 21.2. The summed E-state index contributed by atoms with van der Waals surface area (Å²) in [4.78, 5) is 53.8. The zero-order chi connectivity index (χ0) is 23.0. The van der Waals surface area contributed by atoms with E-state index in [0.29, 0.717) is 25.1 Å². The number of benzene rings is 2. The summed E-state index contributed by atoms with van der Waals surface area (Å²) < 4.78 is 0. The molecular formula is C25H26N4O4. The van der Waals surface area contributed by atoms with E-state index in [1.54, 1.807) is 23.1 Å². The number of aryl methyl sites for hydroxylation is 1. The summed E-state index contributed by atoms with van der Waals surface area (Å²) in [6.07, 6.45) is 4.46. The molecule has 5 amide bonds. The first-order valence-electron chi connectivity index (χ1n) is 11.4. The number of nitrogens with zero attached hydrogens (tertiary/aromatic N) is 2. The Hall–Kier alpha value is -3.68. The fraction of sp³-hybridized carbons (Fsp3) is 0.360. The van der Waals surface area contributed by atoms with Crippen molar-refractivity contribution < 1.29 is 19.2 Å². The van der Waals surface area contributed by atoms with Crippen LogP contribution in [-0.2, 0) is 26.3 Å². The van der Waals surface area contributed by atoms with Crippen molar-refractivity contribution in [1.29, 1.82) is 0 Å². The van der Waals surface area contributed by atoms with E-state index in [0.717, 1.165) is 47.4 Å². The molecule has 33 heavy (non-hydrogen) atoms. The molecule has 2 N–H and O–H groups in total. The van der Waals surface area contributed by atoms with Crippen LogP contribution < -0.4 is 15.5 Å². The first-order chi connectivity index (χ1) is 16.0. The number of anilines is 2. The van der Waals surface area contributed by atoms with Gasteiger partial charge in [-0.05, 0) is 61.4 Å². The van der Waals surface area contributed by atoms with Crippen LogP contribution in [0, 0.1) is 0 Å². The minimum absolute atomic E-state index is 0.0618.